The first kappa shape index (κ1) is 13.2. The molecule has 1 aliphatic rings. The van der Waals surface area contributed by atoms with Crippen molar-refractivity contribution < 1.29 is 17.9 Å². The second-order valence-electron chi connectivity index (χ2n) is 3.48. The molecule has 1 unspecified atom stereocenters. The molecule has 94 valence electrons. The van der Waals surface area contributed by atoms with Gasteiger partial charge in [0.05, 0.1) is 18.4 Å². The van der Waals surface area contributed by atoms with Gasteiger partial charge in [0.2, 0.25) is 10.0 Å². The van der Waals surface area contributed by atoms with E-state index in [1.165, 1.54) is 7.05 Å². The maximum absolute atomic E-state index is 11.3. The van der Waals surface area contributed by atoms with Crippen LogP contribution in [0.2, 0.25) is 0 Å². The van der Waals surface area contributed by atoms with E-state index in [1.807, 2.05) is 0 Å². The first-order valence-electron chi connectivity index (χ1n) is 5.07. The number of carbonyl (C=O) groups is 1. The smallest absolute Gasteiger partial charge is 0.315 e. The van der Waals surface area contributed by atoms with Gasteiger partial charge in [-0.3, -0.25) is 0 Å². The second-order valence-corrected chi connectivity index (χ2v) is 5.53. The molecule has 7 nitrogen and oxygen atoms in total. The van der Waals surface area contributed by atoms with E-state index in [9.17, 15) is 13.2 Å². The SMILES string of the molecule is CNS(=O)(=O)CCNC(=O)NC1CCOC1. The van der Waals surface area contributed by atoms with Gasteiger partial charge in [-0.25, -0.2) is 17.9 Å². The van der Waals surface area contributed by atoms with Crippen molar-refractivity contribution in [1.29, 1.82) is 0 Å². The first-order chi connectivity index (χ1) is 7.53. The lowest BCUT2D eigenvalue weighted by Gasteiger charge is -2.11. The van der Waals surface area contributed by atoms with E-state index in [-0.39, 0.29) is 24.4 Å². The number of rotatable bonds is 5. The Kier molecular flexibility index (Phi) is 4.97. The van der Waals surface area contributed by atoms with E-state index < -0.39 is 10.0 Å². The summed E-state index contributed by atoms with van der Waals surface area (Å²) in [5, 5.41) is 5.17. The van der Waals surface area contributed by atoms with Crippen molar-refractivity contribution in [2.75, 3.05) is 32.6 Å². The van der Waals surface area contributed by atoms with Crippen molar-refractivity contribution in [3.05, 3.63) is 0 Å². The third-order valence-corrected chi connectivity index (χ3v) is 3.60. The predicted molar refractivity (Wildman–Crippen MR) is 58.6 cm³/mol. The molecule has 8 heteroatoms. The summed E-state index contributed by atoms with van der Waals surface area (Å²) in [4.78, 5) is 11.3. The van der Waals surface area contributed by atoms with Crippen LogP contribution in [0.15, 0.2) is 0 Å². The average Bonchev–Trinajstić information content (AvgIpc) is 2.70. The van der Waals surface area contributed by atoms with Crippen LogP contribution in [0.25, 0.3) is 0 Å². The summed E-state index contributed by atoms with van der Waals surface area (Å²) in [5.41, 5.74) is 0. The molecule has 0 aromatic rings. The second kappa shape index (κ2) is 6.02. The van der Waals surface area contributed by atoms with E-state index in [0.717, 1.165) is 6.42 Å². The van der Waals surface area contributed by atoms with Crippen molar-refractivity contribution in [3.8, 4) is 0 Å². The normalized spacial score (nSPS) is 20.7. The summed E-state index contributed by atoms with van der Waals surface area (Å²) in [6.45, 7) is 1.25. The van der Waals surface area contributed by atoms with Gasteiger partial charge in [-0.1, -0.05) is 0 Å². The summed E-state index contributed by atoms with van der Waals surface area (Å²) in [5.74, 6) is -0.127. The zero-order valence-corrected chi connectivity index (χ0v) is 9.97. The summed E-state index contributed by atoms with van der Waals surface area (Å²) < 4.78 is 29.3. The minimum atomic E-state index is -3.26. The number of ether oxygens (including phenoxy) is 1. The lowest BCUT2D eigenvalue weighted by Crippen LogP contribution is -2.44. The number of hydrogen-bond acceptors (Lipinski definition) is 4. The molecule has 1 heterocycles. The maximum atomic E-state index is 11.3. The van der Waals surface area contributed by atoms with E-state index >= 15 is 0 Å². The van der Waals surface area contributed by atoms with Gasteiger partial charge in [-0.15, -0.1) is 0 Å². The Hall–Kier alpha value is -0.860. The molecular formula is C8H17N3O4S. The van der Waals surface area contributed by atoms with Crippen LogP contribution in [0.1, 0.15) is 6.42 Å². The van der Waals surface area contributed by atoms with Crippen LogP contribution < -0.4 is 15.4 Å². The highest BCUT2D eigenvalue weighted by molar-refractivity contribution is 7.89. The summed E-state index contributed by atoms with van der Waals surface area (Å²) >= 11 is 0. The molecule has 1 atom stereocenters. The van der Waals surface area contributed by atoms with Crippen molar-refractivity contribution in [3.63, 3.8) is 0 Å². The third-order valence-electron chi connectivity index (χ3n) is 2.23. The molecule has 0 saturated carbocycles. The summed E-state index contributed by atoms with van der Waals surface area (Å²) in [6.07, 6.45) is 0.794. The van der Waals surface area contributed by atoms with Crippen molar-refractivity contribution in [1.82, 2.24) is 15.4 Å². The Bertz CT molecular complexity index is 324. The fourth-order valence-corrected chi connectivity index (χ4v) is 1.86. The molecule has 0 aromatic carbocycles. The van der Waals surface area contributed by atoms with Crippen LogP contribution in [0.4, 0.5) is 4.79 Å². The molecule has 3 N–H and O–H groups in total. The van der Waals surface area contributed by atoms with Crippen LogP contribution in [0.3, 0.4) is 0 Å². The van der Waals surface area contributed by atoms with E-state index in [2.05, 4.69) is 15.4 Å². The van der Waals surface area contributed by atoms with Crippen molar-refractivity contribution in [2.45, 2.75) is 12.5 Å². The highest BCUT2D eigenvalue weighted by Crippen LogP contribution is 2.02. The number of hydrogen-bond donors (Lipinski definition) is 3. The Morgan fingerprint density at radius 2 is 2.25 bits per heavy atom. The number of carbonyl (C=O) groups excluding carboxylic acids is 1. The summed E-state index contributed by atoms with van der Waals surface area (Å²) in [7, 11) is -1.92. The van der Waals surface area contributed by atoms with Gasteiger partial charge < -0.3 is 15.4 Å². The molecule has 0 bridgehead atoms. The molecule has 1 rings (SSSR count). The third kappa shape index (κ3) is 4.77. The Balaban J connectivity index is 2.15. The van der Waals surface area contributed by atoms with Crippen LogP contribution in [0.5, 0.6) is 0 Å². The van der Waals surface area contributed by atoms with Gasteiger partial charge in [0.25, 0.3) is 0 Å². The van der Waals surface area contributed by atoms with Crippen LogP contribution >= 0.6 is 0 Å². The number of amides is 2. The highest BCUT2D eigenvalue weighted by Gasteiger charge is 2.17. The van der Waals surface area contributed by atoms with E-state index in [1.54, 1.807) is 0 Å². The van der Waals surface area contributed by atoms with Gasteiger partial charge in [0.15, 0.2) is 0 Å². The van der Waals surface area contributed by atoms with Crippen LogP contribution in [-0.2, 0) is 14.8 Å². The van der Waals surface area contributed by atoms with Gasteiger partial charge in [-0.05, 0) is 13.5 Å². The highest BCUT2D eigenvalue weighted by atomic mass is 32.2. The zero-order chi connectivity index (χ0) is 12.0. The quantitative estimate of drug-likeness (QED) is 0.561. The lowest BCUT2D eigenvalue weighted by atomic mass is 10.3. The number of sulfonamides is 1. The van der Waals surface area contributed by atoms with Gasteiger partial charge in [0, 0.05) is 13.2 Å². The van der Waals surface area contributed by atoms with Crippen molar-refractivity contribution in [2.24, 2.45) is 0 Å². The minimum Gasteiger partial charge on any atom is -0.379 e. The largest absolute Gasteiger partial charge is 0.379 e. The lowest BCUT2D eigenvalue weighted by molar-refractivity contribution is 0.188. The first-order valence-corrected chi connectivity index (χ1v) is 6.72. The number of urea groups is 1. The molecule has 0 aliphatic carbocycles. The molecule has 1 aliphatic heterocycles. The van der Waals surface area contributed by atoms with Gasteiger partial charge >= 0.3 is 6.03 Å². The minimum absolute atomic E-state index is 0.0286. The molecule has 1 fully saturated rings. The zero-order valence-electron chi connectivity index (χ0n) is 9.15. The Morgan fingerprint density at radius 3 is 2.81 bits per heavy atom. The summed E-state index contributed by atoms with van der Waals surface area (Å²) in [6, 6.07) is -0.331. The van der Waals surface area contributed by atoms with E-state index in [0.29, 0.717) is 13.2 Å². The van der Waals surface area contributed by atoms with E-state index in [4.69, 9.17) is 4.74 Å². The van der Waals surface area contributed by atoms with Crippen LogP contribution in [0, 0.1) is 0 Å². The molecule has 2 amide bonds. The topological polar surface area (TPSA) is 96.5 Å². The molecule has 0 spiro atoms. The maximum Gasteiger partial charge on any atom is 0.315 e. The molecular weight excluding hydrogens is 234 g/mol. The molecule has 1 saturated heterocycles. The standard InChI is InChI=1S/C8H17N3O4S/c1-9-16(13,14)5-3-10-8(12)11-7-2-4-15-6-7/h7,9H,2-6H2,1H3,(H2,10,11,12). The fourth-order valence-electron chi connectivity index (χ4n) is 1.29. The van der Waals surface area contributed by atoms with Gasteiger partial charge in [0.1, 0.15) is 0 Å². The Labute approximate surface area is 95.0 Å². The molecule has 16 heavy (non-hydrogen) atoms. The van der Waals surface area contributed by atoms with Crippen LogP contribution in [-0.4, -0.2) is 53.0 Å². The Morgan fingerprint density at radius 1 is 1.50 bits per heavy atom. The number of nitrogens with one attached hydrogen (secondary N) is 3. The van der Waals surface area contributed by atoms with Gasteiger partial charge in [-0.2, -0.15) is 0 Å². The molecule has 0 aromatic heterocycles. The monoisotopic (exact) mass is 251 g/mol. The predicted octanol–water partition coefficient (Wildman–Crippen LogP) is -1.38. The fraction of sp³-hybridized carbons (Fsp3) is 0.875. The molecule has 0 radical (unpaired) electrons. The van der Waals surface area contributed by atoms with Crippen molar-refractivity contribution >= 4 is 16.1 Å². The average molecular weight is 251 g/mol.